The third-order valence-corrected chi connectivity index (χ3v) is 2.66. The van der Waals surface area contributed by atoms with Gasteiger partial charge in [0.05, 0.1) is 11.8 Å². The molecule has 5 nitrogen and oxygen atoms in total. The van der Waals surface area contributed by atoms with E-state index in [1.165, 1.54) is 0 Å². The number of aromatic nitrogens is 4. The largest absolute Gasteiger partial charge is 0.370 e. The van der Waals surface area contributed by atoms with Crippen LogP contribution in [-0.4, -0.2) is 26.3 Å². The second-order valence-electron chi connectivity index (χ2n) is 4.59. The van der Waals surface area contributed by atoms with Crippen LogP contribution in [0.2, 0.25) is 0 Å². The Kier molecular flexibility index (Phi) is 3.60. The summed E-state index contributed by atoms with van der Waals surface area (Å²) in [5.74, 6) is 1.97. The van der Waals surface area contributed by atoms with Crippen molar-refractivity contribution in [2.24, 2.45) is 7.05 Å². The number of aryl methyl sites for hydroxylation is 1. The van der Waals surface area contributed by atoms with Gasteiger partial charge < -0.3 is 5.32 Å². The molecule has 0 atom stereocenters. The van der Waals surface area contributed by atoms with Crippen LogP contribution in [0.25, 0.3) is 11.4 Å². The SMILES string of the molecule is CCNc1cc(C(C)C)nc(-c2cnn(C)c2)n1. The Hall–Kier alpha value is -1.91. The third-order valence-electron chi connectivity index (χ3n) is 2.66. The van der Waals surface area contributed by atoms with Gasteiger partial charge in [0.1, 0.15) is 5.82 Å². The Bertz CT molecular complexity index is 530. The minimum atomic E-state index is 0.376. The molecule has 0 spiro atoms. The molecular formula is C13H19N5. The molecular weight excluding hydrogens is 226 g/mol. The molecule has 0 bridgehead atoms. The minimum Gasteiger partial charge on any atom is -0.370 e. The van der Waals surface area contributed by atoms with Crippen LogP contribution >= 0.6 is 0 Å². The van der Waals surface area contributed by atoms with E-state index in [9.17, 15) is 0 Å². The summed E-state index contributed by atoms with van der Waals surface area (Å²) >= 11 is 0. The first-order chi connectivity index (χ1) is 8.60. The second kappa shape index (κ2) is 5.16. The van der Waals surface area contributed by atoms with Crippen LogP contribution < -0.4 is 5.32 Å². The molecule has 0 saturated heterocycles. The molecule has 0 aromatic carbocycles. The number of hydrogen-bond donors (Lipinski definition) is 1. The van der Waals surface area contributed by atoms with Crippen molar-refractivity contribution in [3.8, 4) is 11.4 Å². The maximum absolute atomic E-state index is 4.59. The summed E-state index contributed by atoms with van der Waals surface area (Å²) in [6.45, 7) is 7.16. The zero-order chi connectivity index (χ0) is 13.1. The quantitative estimate of drug-likeness (QED) is 0.898. The van der Waals surface area contributed by atoms with Gasteiger partial charge in [0.2, 0.25) is 0 Å². The Balaban J connectivity index is 2.45. The van der Waals surface area contributed by atoms with E-state index in [1.54, 1.807) is 10.9 Å². The van der Waals surface area contributed by atoms with Gasteiger partial charge in [-0.1, -0.05) is 13.8 Å². The van der Waals surface area contributed by atoms with E-state index >= 15 is 0 Å². The monoisotopic (exact) mass is 245 g/mol. The van der Waals surface area contributed by atoms with Crippen LogP contribution in [0.4, 0.5) is 5.82 Å². The topological polar surface area (TPSA) is 55.6 Å². The van der Waals surface area contributed by atoms with Crippen molar-refractivity contribution in [2.45, 2.75) is 26.7 Å². The number of rotatable bonds is 4. The van der Waals surface area contributed by atoms with Gasteiger partial charge in [-0.05, 0) is 12.8 Å². The molecule has 0 unspecified atom stereocenters. The molecule has 0 amide bonds. The molecule has 2 heterocycles. The normalized spacial score (nSPS) is 10.9. The molecule has 0 aliphatic rings. The Labute approximate surface area is 107 Å². The molecule has 2 rings (SSSR count). The summed E-state index contributed by atoms with van der Waals surface area (Å²) in [7, 11) is 1.89. The minimum absolute atomic E-state index is 0.376. The molecule has 18 heavy (non-hydrogen) atoms. The third kappa shape index (κ3) is 2.67. The fraction of sp³-hybridized carbons (Fsp3) is 0.462. The zero-order valence-electron chi connectivity index (χ0n) is 11.3. The average Bonchev–Trinajstić information content (AvgIpc) is 2.76. The highest BCUT2D eigenvalue weighted by molar-refractivity contribution is 5.55. The fourth-order valence-electron chi connectivity index (χ4n) is 1.70. The van der Waals surface area contributed by atoms with Crippen LogP contribution in [0.1, 0.15) is 32.4 Å². The number of anilines is 1. The standard InChI is InChI=1S/C13H19N5/c1-5-14-12-6-11(9(2)3)16-13(17-12)10-7-15-18(4)8-10/h6-9H,5H2,1-4H3,(H,14,16,17). The highest BCUT2D eigenvalue weighted by Crippen LogP contribution is 2.21. The van der Waals surface area contributed by atoms with Crippen molar-refractivity contribution in [1.29, 1.82) is 0 Å². The summed E-state index contributed by atoms with van der Waals surface area (Å²) in [5, 5.41) is 7.40. The van der Waals surface area contributed by atoms with Gasteiger partial charge in [0, 0.05) is 31.5 Å². The predicted molar refractivity (Wildman–Crippen MR) is 72.5 cm³/mol. The highest BCUT2D eigenvalue weighted by atomic mass is 15.2. The van der Waals surface area contributed by atoms with Crippen LogP contribution in [0.15, 0.2) is 18.5 Å². The van der Waals surface area contributed by atoms with E-state index in [0.29, 0.717) is 5.92 Å². The van der Waals surface area contributed by atoms with Gasteiger partial charge in [0.15, 0.2) is 5.82 Å². The molecule has 0 fully saturated rings. The predicted octanol–water partition coefficient (Wildman–Crippen LogP) is 2.43. The van der Waals surface area contributed by atoms with Gasteiger partial charge >= 0.3 is 0 Å². The molecule has 96 valence electrons. The van der Waals surface area contributed by atoms with Crippen molar-refractivity contribution in [3.05, 3.63) is 24.2 Å². The van der Waals surface area contributed by atoms with E-state index in [0.717, 1.165) is 29.4 Å². The van der Waals surface area contributed by atoms with E-state index in [-0.39, 0.29) is 0 Å². The summed E-state index contributed by atoms with van der Waals surface area (Å²) < 4.78 is 1.76. The first-order valence-corrected chi connectivity index (χ1v) is 6.22. The van der Waals surface area contributed by atoms with E-state index in [2.05, 4.69) is 41.2 Å². The summed E-state index contributed by atoms with van der Waals surface area (Å²) in [6, 6.07) is 2.01. The summed E-state index contributed by atoms with van der Waals surface area (Å²) in [5.41, 5.74) is 1.99. The highest BCUT2D eigenvalue weighted by Gasteiger charge is 2.10. The van der Waals surface area contributed by atoms with Crippen LogP contribution in [0.5, 0.6) is 0 Å². The molecule has 0 aliphatic carbocycles. The van der Waals surface area contributed by atoms with Gasteiger partial charge in [-0.3, -0.25) is 4.68 Å². The lowest BCUT2D eigenvalue weighted by Crippen LogP contribution is -2.04. The van der Waals surface area contributed by atoms with E-state index in [4.69, 9.17) is 0 Å². The Morgan fingerprint density at radius 3 is 2.67 bits per heavy atom. The van der Waals surface area contributed by atoms with Crippen molar-refractivity contribution in [3.63, 3.8) is 0 Å². The molecule has 1 N–H and O–H groups in total. The van der Waals surface area contributed by atoms with Crippen molar-refractivity contribution in [1.82, 2.24) is 19.7 Å². The van der Waals surface area contributed by atoms with Crippen molar-refractivity contribution < 1.29 is 0 Å². The lowest BCUT2D eigenvalue weighted by Gasteiger charge is -2.10. The maximum atomic E-state index is 4.59. The van der Waals surface area contributed by atoms with Crippen LogP contribution in [0, 0.1) is 0 Å². The number of nitrogens with one attached hydrogen (secondary N) is 1. The molecule has 0 radical (unpaired) electrons. The van der Waals surface area contributed by atoms with Crippen molar-refractivity contribution in [2.75, 3.05) is 11.9 Å². The summed E-state index contributed by atoms with van der Waals surface area (Å²) in [4.78, 5) is 9.11. The molecule has 0 aliphatic heterocycles. The molecule has 2 aromatic heterocycles. The number of nitrogens with zero attached hydrogens (tertiary/aromatic N) is 4. The lowest BCUT2D eigenvalue weighted by atomic mass is 10.1. The van der Waals surface area contributed by atoms with E-state index < -0.39 is 0 Å². The van der Waals surface area contributed by atoms with Crippen LogP contribution in [0.3, 0.4) is 0 Å². The lowest BCUT2D eigenvalue weighted by molar-refractivity contribution is 0.767. The molecule has 0 saturated carbocycles. The summed E-state index contributed by atoms with van der Waals surface area (Å²) in [6.07, 6.45) is 3.71. The first kappa shape index (κ1) is 12.5. The average molecular weight is 245 g/mol. The number of hydrogen-bond acceptors (Lipinski definition) is 4. The van der Waals surface area contributed by atoms with E-state index in [1.807, 2.05) is 19.3 Å². The smallest absolute Gasteiger partial charge is 0.164 e. The fourth-order valence-corrected chi connectivity index (χ4v) is 1.70. The second-order valence-corrected chi connectivity index (χ2v) is 4.59. The Morgan fingerprint density at radius 2 is 2.11 bits per heavy atom. The van der Waals surface area contributed by atoms with Gasteiger partial charge in [-0.15, -0.1) is 0 Å². The first-order valence-electron chi connectivity index (χ1n) is 6.22. The van der Waals surface area contributed by atoms with Crippen LogP contribution in [-0.2, 0) is 7.05 Å². The van der Waals surface area contributed by atoms with Gasteiger partial charge in [-0.25, -0.2) is 9.97 Å². The molecule has 5 heteroatoms. The van der Waals surface area contributed by atoms with Crippen molar-refractivity contribution >= 4 is 5.82 Å². The Morgan fingerprint density at radius 1 is 1.33 bits per heavy atom. The maximum Gasteiger partial charge on any atom is 0.164 e. The van der Waals surface area contributed by atoms with Gasteiger partial charge in [-0.2, -0.15) is 5.10 Å². The zero-order valence-corrected chi connectivity index (χ0v) is 11.3. The van der Waals surface area contributed by atoms with Gasteiger partial charge in [0.25, 0.3) is 0 Å². The molecule has 2 aromatic rings.